The number of hydrogen-bond acceptors (Lipinski definition) is 3. The molecule has 3 nitrogen and oxygen atoms in total. The van der Waals surface area contributed by atoms with Crippen molar-refractivity contribution >= 4 is 5.97 Å². The summed E-state index contributed by atoms with van der Waals surface area (Å²) in [6.07, 6.45) is 6.95. The molecule has 0 N–H and O–H groups in total. The molecule has 3 rings (SSSR count). The van der Waals surface area contributed by atoms with Gasteiger partial charge in [-0.1, -0.05) is 24.6 Å². The van der Waals surface area contributed by atoms with Crippen LogP contribution in [0, 0.1) is 5.92 Å². The van der Waals surface area contributed by atoms with Crippen molar-refractivity contribution in [2.24, 2.45) is 5.92 Å². The highest BCUT2D eigenvalue weighted by atomic mass is 16.5. The second-order valence-corrected chi connectivity index (χ2v) is 6.33. The van der Waals surface area contributed by atoms with Gasteiger partial charge in [-0.2, -0.15) is 0 Å². The summed E-state index contributed by atoms with van der Waals surface area (Å²) in [5.74, 6) is 1.82. The first-order valence-corrected chi connectivity index (χ1v) is 8.13. The van der Waals surface area contributed by atoms with E-state index in [4.69, 9.17) is 9.47 Å². The van der Waals surface area contributed by atoms with E-state index in [-0.39, 0.29) is 18.0 Å². The van der Waals surface area contributed by atoms with E-state index in [0.29, 0.717) is 0 Å². The van der Waals surface area contributed by atoms with Crippen molar-refractivity contribution in [2.45, 2.75) is 57.5 Å². The van der Waals surface area contributed by atoms with Crippen molar-refractivity contribution in [3.63, 3.8) is 0 Å². The zero-order valence-electron chi connectivity index (χ0n) is 12.7. The summed E-state index contributed by atoms with van der Waals surface area (Å²) in [5, 5.41) is 0. The Morgan fingerprint density at radius 1 is 1.14 bits per heavy atom. The van der Waals surface area contributed by atoms with Gasteiger partial charge >= 0.3 is 5.97 Å². The van der Waals surface area contributed by atoms with Gasteiger partial charge in [0.1, 0.15) is 11.9 Å². The van der Waals surface area contributed by atoms with Gasteiger partial charge in [-0.15, -0.1) is 0 Å². The maximum atomic E-state index is 11.3. The molecular formula is C18H24O3. The Morgan fingerprint density at radius 3 is 2.67 bits per heavy atom. The van der Waals surface area contributed by atoms with E-state index in [1.807, 2.05) is 6.07 Å². The highest BCUT2D eigenvalue weighted by Gasteiger charge is 2.31. The average Bonchev–Trinajstić information content (AvgIpc) is 3.30. The lowest BCUT2D eigenvalue weighted by Crippen LogP contribution is -2.28. The Morgan fingerprint density at radius 2 is 1.90 bits per heavy atom. The number of para-hydroxylation sites is 1. The summed E-state index contributed by atoms with van der Waals surface area (Å²) in [7, 11) is 0. The molecular weight excluding hydrogens is 264 g/mol. The third kappa shape index (κ3) is 3.78. The average molecular weight is 288 g/mol. The number of carbonyl (C=O) groups is 1. The van der Waals surface area contributed by atoms with E-state index in [9.17, 15) is 4.79 Å². The first-order chi connectivity index (χ1) is 10.2. The van der Waals surface area contributed by atoms with Gasteiger partial charge in [-0.3, -0.25) is 4.79 Å². The van der Waals surface area contributed by atoms with E-state index < -0.39 is 0 Å². The van der Waals surface area contributed by atoms with Crippen molar-refractivity contribution in [2.75, 3.05) is 6.61 Å². The molecule has 0 amide bonds. The fourth-order valence-electron chi connectivity index (χ4n) is 3.22. The molecule has 0 unspecified atom stereocenters. The SMILES string of the molecule is CC(=O)O[C@@H]1CCCC[C@H]1c1ccccc1OCC1CC1. The molecule has 0 aromatic heterocycles. The third-order valence-corrected chi connectivity index (χ3v) is 4.51. The maximum Gasteiger partial charge on any atom is 0.302 e. The first kappa shape index (κ1) is 14.4. The summed E-state index contributed by atoms with van der Waals surface area (Å²) < 4.78 is 11.6. The van der Waals surface area contributed by atoms with Crippen molar-refractivity contribution in [3.05, 3.63) is 29.8 Å². The smallest absolute Gasteiger partial charge is 0.302 e. The lowest BCUT2D eigenvalue weighted by molar-refractivity contribution is -0.148. The van der Waals surface area contributed by atoms with Gasteiger partial charge in [0.25, 0.3) is 0 Å². The lowest BCUT2D eigenvalue weighted by Gasteiger charge is -2.32. The van der Waals surface area contributed by atoms with Crippen molar-refractivity contribution in [3.8, 4) is 5.75 Å². The Labute approximate surface area is 126 Å². The Kier molecular flexibility index (Phi) is 4.47. The topological polar surface area (TPSA) is 35.5 Å². The Hall–Kier alpha value is -1.51. The molecule has 1 aromatic carbocycles. The normalized spacial score (nSPS) is 25.4. The number of hydrogen-bond donors (Lipinski definition) is 0. The molecule has 0 aliphatic heterocycles. The van der Waals surface area contributed by atoms with E-state index >= 15 is 0 Å². The maximum absolute atomic E-state index is 11.3. The van der Waals surface area contributed by atoms with Crippen LogP contribution in [-0.4, -0.2) is 18.7 Å². The monoisotopic (exact) mass is 288 g/mol. The molecule has 0 spiro atoms. The number of benzene rings is 1. The lowest BCUT2D eigenvalue weighted by atomic mass is 9.81. The highest BCUT2D eigenvalue weighted by molar-refractivity contribution is 5.66. The molecule has 21 heavy (non-hydrogen) atoms. The van der Waals surface area contributed by atoms with E-state index in [1.165, 1.54) is 31.7 Å². The molecule has 0 saturated heterocycles. The van der Waals surface area contributed by atoms with Crippen LogP contribution in [0.4, 0.5) is 0 Å². The van der Waals surface area contributed by atoms with Crippen molar-refractivity contribution in [1.29, 1.82) is 0 Å². The molecule has 0 radical (unpaired) electrons. The zero-order valence-corrected chi connectivity index (χ0v) is 12.7. The van der Waals surface area contributed by atoms with Crippen LogP contribution in [-0.2, 0) is 9.53 Å². The predicted molar refractivity (Wildman–Crippen MR) is 81.4 cm³/mol. The third-order valence-electron chi connectivity index (χ3n) is 4.51. The molecule has 2 saturated carbocycles. The zero-order chi connectivity index (χ0) is 14.7. The van der Waals surface area contributed by atoms with Gasteiger partial charge in [0.15, 0.2) is 0 Å². The van der Waals surface area contributed by atoms with Crippen molar-refractivity contribution in [1.82, 2.24) is 0 Å². The van der Waals surface area contributed by atoms with Crippen LogP contribution < -0.4 is 4.74 Å². The fourth-order valence-corrected chi connectivity index (χ4v) is 3.22. The molecule has 114 valence electrons. The second-order valence-electron chi connectivity index (χ2n) is 6.33. The molecule has 2 aliphatic carbocycles. The minimum absolute atomic E-state index is 0.00178. The molecule has 2 aliphatic rings. The number of esters is 1. The first-order valence-electron chi connectivity index (χ1n) is 8.13. The predicted octanol–water partition coefficient (Wildman–Crippen LogP) is 4.06. The van der Waals surface area contributed by atoms with E-state index in [2.05, 4.69) is 18.2 Å². The van der Waals surface area contributed by atoms with Crippen LogP contribution in [0.2, 0.25) is 0 Å². The second kappa shape index (κ2) is 6.50. The number of rotatable bonds is 5. The van der Waals surface area contributed by atoms with Crippen LogP contribution in [0.25, 0.3) is 0 Å². The Bertz CT molecular complexity index is 493. The van der Waals surface area contributed by atoms with Gasteiger partial charge in [0.05, 0.1) is 6.61 Å². The van der Waals surface area contributed by atoms with Crippen LogP contribution in [0.5, 0.6) is 5.75 Å². The van der Waals surface area contributed by atoms with Gasteiger partial charge in [0.2, 0.25) is 0 Å². The van der Waals surface area contributed by atoms with E-state index in [0.717, 1.165) is 37.5 Å². The molecule has 1 aromatic rings. The minimum atomic E-state index is -0.178. The largest absolute Gasteiger partial charge is 0.493 e. The molecule has 2 fully saturated rings. The van der Waals surface area contributed by atoms with Gasteiger partial charge in [0, 0.05) is 18.4 Å². The quantitative estimate of drug-likeness (QED) is 0.766. The molecule has 2 atom stereocenters. The summed E-state index contributed by atoms with van der Waals surface area (Å²) in [5.41, 5.74) is 1.21. The van der Waals surface area contributed by atoms with Crippen LogP contribution >= 0.6 is 0 Å². The fraction of sp³-hybridized carbons (Fsp3) is 0.611. The van der Waals surface area contributed by atoms with Crippen molar-refractivity contribution < 1.29 is 14.3 Å². The number of carbonyl (C=O) groups excluding carboxylic acids is 1. The van der Waals surface area contributed by atoms with Gasteiger partial charge in [-0.05, 0) is 44.1 Å². The van der Waals surface area contributed by atoms with Crippen LogP contribution in [0.3, 0.4) is 0 Å². The summed E-state index contributed by atoms with van der Waals surface area (Å²) in [4.78, 5) is 11.3. The van der Waals surface area contributed by atoms with Gasteiger partial charge in [-0.25, -0.2) is 0 Å². The van der Waals surface area contributed by atoms with Crippen LogP contribution in [0.15, 0.2) is 24.3 Å². The highest BCUT2D eigenvalue weighted by Crippen LogP contribution is 2.40. The number of ether oxygens (including phenoxy) is 2. The molecule has 0 bridgehead atoms. The Balaban J connectivity index is 1.77. The summed E-state index contributed by atoms with van der Waals surface area (Å²) >= 11 is 0. The van der Waals surface area contributed by atoms with Gasteiger partial charge < -0.3 is 9.47 Å². The molecule has 3 heteroatoms. The summed E-state index contributed by atoms with van der Waals surface area (Å²) in [6, 6.07) is 8.26. The standard InChI is InChI=1S/C18H24O3/c1-13(19)21-18-9-5-3-7-16(18)15-6-2-4-8-17(15)20-12-14-10-11-14/h2,4,6,8,14,16,18H,3,5,7,9-12H2,1H3/t16-,18+/m0/s1. The van der Waals surface area contributed by atoms with Crippen LogP contribution in [0.1, 0.15) is 56.9 Å². The van der Waals surface area contributed by atoms with E-state index in [1.54, 1.807) is 0 Å². The summed E-state index contributed by atoms with van der Waals surface area (Å²) in [6.45, 7) is 2.32. The molecule has 0 heterocycles. The minimum Gasteiger partial charge on any atom is -0.493 e.